The largest absolute Gasteiger partial charge is 0.465 e. The molecule has 1 unspecified atom stereocenters. The van der Waals surface area contributed by atoms with Gasteiger partial charge in [0, 0.05) is 12.8 Å². The van der Waals surface area contributed by atoms with Crippen molar-refractivity contribution in [1.29, 1.82) is 0 Å². The minimum absolute atomic E-state index is 0.193. The highest BCUT2D eigenvalue weighted by Gasteiger charge is 2.12. The van der Waals surface area contributed by atoms with Crippen molar-refractivity contribution in [3.05, 3.63) is 35.9 Å². The molecule has 0 spiro atoms. The maximum absolute atomic E-state index is 10.9. The van der Waals surface area contributed by atoms with Crippen LogP contribution >= 0.6 is 0 Å². The van der Waals surface area contributed by atoms with Crippen LogP contribution in [0.5, 0.6) is 0 Å². The van der Waals surface area contributed by atoms with Crippen LogP contribution < -0.4 is 0 Å². The molecule has 0 radical (unpaired) electrons. The van der Waals surface area contributed by atoms with E-state index in [0.717, 1.165) is 6.42 Å². The second-order valence-corrected chi connectivity index (χ2v) is 4.41. The van der Waals surface area contributed by atoms with E-state index in [0.29, 0.717) is 12.5 Å². The zero-order chi connectivity index (χ0) is 12.5. The van der Waals surface area contributed by atoms with Gasteiger partial charge in [0.15, 0.2) is 0 Å². The monoisotopic (exact) mass is 234 g/mol. The summed E-state index contributed by atoms with van der Waals surface area (Å²) in [5.41, 5.74) is 1.27. The van der Waals surface area contributed by atoms with Crippen LogP contribution in [0.25, 0.3) is 0 Å². The molecule has 1 aromatic rings. The van der Waals surface area contributed by atoms with Crippen molar-refractivity contribution in [2.45, 2.75) is 45.4 Å². The molecule has 94 valence electrons. The van der Waals surface area contributed by atoms with Gasteiger partial charge in [-0.1, -0.05) is 56.5 Å². The standard InChI is InChI=1S/C15H22O2/c1-3-4-6-11-15(12-17-13(2)16)14-9-7-5-8-10-14/h5,7-10,15H,3-4,6,11-12H2,1-2H3. The number of ether oxygens (including phenoxy) is 1. The van der Waals surface area contributed by atoms with Gasteiger partial charge in [0.1, 0.15) is 0 Å². The zero-order valence-corrected chi connectivity index (χ0v) is 10.8. The average molecular weight is 234 g/mol. The highest BCUT2D eigenvalue weighted by atomic mass is 16.5. The van der Waals surface area contributed by atoms with E-state index in [1.54, 1.807) is 0 Å². The summed E-state index contributed by atoms with van der Waals surface area (Å²) in [4.78, 5) is 10.9. The van der Waals surface area contributed by atoms with Gasteiger partial charge in [-0.15, -0.1) is 0 Å². The molecule has 0 aliphatic heterocycles. The van der Waals surface area contributed by atoms with Crippen molar-refractivity contribution in [3.63, 3.8) is 0 Å². The smallest absolute Gasteiger partial charge is 0.302 e. The summed E-state index contributed by atoms with van der Waals surface area (Å²) in [6, 6.07) is 10.3. The lowest BCUT2D eigenvalue weighted by Crippen LogP contribution is -2.11. The molecule has 17 heavy (non-hydrogen) atoms. The number of carbonyl (C=O) groups excluding carboxylic acids is 1. The molecule has 0 bridgehead atoms. The van der Waals surface area contributed by atoms with E-state index in [1.807, 2.05) is 18.2 Å². The normalized spacial score (nSPS) is 12.1. The van der Waals surface area contributed by atoms with Crippen molar-refractivity contribution in [2.75, 3.05) is 6.61 Å². The molecule has 0 amide bonds. The summed E-state index contributed by atoms with van der Waals surface area (Å²) in [6.07, 6.45) is 4.74. The van der Waals surface area contributed by atoms with Crippen molar-refractivity contribution in [2.24, 2.45) is 0 Å². The Kier molecular flexibility index (Phi) is 6.38. The molecule has 0 saturated carbocycles. The van der Waals surface area contributed by atoms with E-state index in [9.17, 15) is 4.79 Å². The molecule has 0 aliphatic carbocycles. The minimum atomic E-state index is -0.193. The Balaban J connectivity index is 2.55. The molecule has 1 atom stereocenters. The highest BCUT2D eigenvalue weighted by molar-refractivity contribution is 5.65. The molecular formula is C15H22O2. The molecule has 0 aliphatic rings. The van der Waals surface area contributed by atoms with Crippen LogP contribution in [0, 0.1) is 0 Å². The van der Waals surface area contributed by atoms with Crippen molar-refractivity contribution in [3.8, 4) is 0 Å². The lowest BCUT2D eigenvalue weighted by atomic mass is 9.94. The molecule has 0 heterocycles. The van der Waals surface area contributed by atoms with E-state index in [-0.39, 0.29) is 5.97 Å². The van der Waals surface area contributed by atoms with Gasteiger partial charge in [-0.25, -0.2) is 0 Å². The van der Waals surface area contributed by atoms with Crippen LogP contribution in [0.1, 0.15) is 51.0 Å². The summed E-state index contributed by atoms with van der Waals surface area (Å²) in [7, 11) is 0. The average Bonchev–Trinajstić information content (AvgIpc) is 2.34. The Hall–Kier alpha value is -1.31. The molecule has 0 saturated heterocycles. The molecule has 2 heteroatoms. The number of rotatable bonds is 7. The fraction of sp³-hybridized carbons (Fsp3) is 0.533. The van der Waals surface area contributed by atoms with Gasteiger partial charge in [-0.3, -0.25) is 4.79 Å². The van der Waals surface area contributed by atoms with Gasteiger partial charge >= 0.3 is 5.97 Å². The molecule has 2 nitrogen and oxygen atoms in total. The molecule has 1 aromatic carbocycles. The molecule has 1 rings (SSSR count). The van der Waals surface area contributed by atoms with E-state index in [4.69, 9.17) is 4.74 Å². The van der Waals surface area contributed by atoms with Crippen LogP contribution in [-0.4, -0.2) is 12.6 Å². The van der Waals surface area contributed by atoms with Gasteiger partial charge in [0.05, 0.1) is 6.61 Å². The fourth-order valence-electron chi connectivity index (χ4n) is 1.93. The summed E-state index contributed by atoms with van der Waals surface area (Å²) in [5, 5.41) is 0. The first-order valence-electron chi connectivity index (χ1n) is 6.42. The van der Waals surface area contributed by atoms with E-state index >= 15 is 0 Å². The van der Waals surface area contributed by atoms with Crippen LogP contribution in [0.3, 0.4) is 0 Å². The van der Waals surface area contributed by atoms with Crippen molar-refractivity contribution in [1.82, 2.24) is 0 Å². The molecule has 0 N–H and O–H groups in total. The van der Waals surface area contributed by atoms with E-state index < -0.39 is 0 Å². The van der Waals surface area contributed by atoms with Gasteiger partial charge in [0.25, 0.3) is 0 Å². The summed E-state index contributed by atoms with van der Waals surface area (Å²) < 4.78 is 5.15. The van der Waals surface area contributed by atoms with Crippen molar-refractivity contribution >= 4 is 5.97 Å². The summed E-state index contributed by atoms with van der Waals surface area (Å²) in [5.74, 6) is 0.146. The van der Waals surface area contributed by atoms with Crippen molar-refractivity contribution < 1.29 is 9.53 Å². The quantitative estimate of drug-likeness (QED) is 0.528. The summed E-state index contributed by atoms with van der Waals surface area (Å²) in [6.45, 7) is 4.17. The first-order valence-corrected chi connectivity index (χ1v) is 6.42. The second-order valence-electron chi connectivity index (χ2n) is 4.41. The Bertz CT molecular complexity index is 319. The van der Waals surface area contributed by atoms with E-state index in [2.05, 4.69) is 19.1 Å². The molecule has 0 fully saturated rings. The maximum atomic E-state index is 10.9. The minimum Gasteiger partial charge on any atom is -0.465 e. The van der Waals surface area contributed by atoms with Crippen LogP contribution in [0.2, 0.25) is 0 Å². The van der Waals surface area contributed by atoms with Crippen LogP contribution in [0.4, 0.5) is 0 Å². The molecular weight excluding hydrogens is 212 g/mol. The van der Waals surface area contributed by atoms with Crippen LogP contribution in [-0.2, 0) is 9.53 Å². The Morgan fingerprint density at radius 2 is 1.94 bits per heavy atom. The lowest BCUT2D eigenvalue weighted by molar-refractivity contribution is -0.141. The summed E-state index contributed by atoms with van der Waals surface area (Å²) >= 11 is 0. The van der Waals surface area contributed by atoms with Crippen LogP contribution in [0.15, 0.2) is 30.3 Å². The van der Waals surface area contributed by atoms with Gasteiger partial charge in [0.2, 0.25) is 0 Å². The topological polar surface area (TPSA) is 26.3 Å². The third-order valence-corrected chi connectivity index (χ3v) is 2.91. The fourth-order valence-corrected chi connectivity index (χ4v) is 1.93. The lowest BCUT2D eigenvalue weighted by Gasteiger charge is -2.16. The third kappa shape index (κ3) is 5.53. The predicted octanol–water partition coefficient (Wildman–Crippen LogP) is 3.91. The predicted molar refractivity (Wildman–Crippen MR) is 70.0 cm³/mol. The first kappa shape index (κ1) is 13.8. The maximum Gasteiger partial charge on any atom is 0.302 e. The highest BCUT2D eigenvalue weighted by Crippen LogP contribution is 2.22. The Labute approximate surface area is 104 Å². The van der Waals surface area contributed by atoms with Gasteiger partial charge in [-0.2, -0.15) is 0 Å². The third-order valence-electron chi connectivity index (χ3n) is 2.91. The number of hydrogen-bond acceptors (Lipinski definition) is 2. The number of benzene rings is 1. The van der Waals surface area contributed by atoms with Gasteiger partial charge < -0.3 is 4.74 Å². The Morgan fingerprint density at radius 1 is 1.24 bits per heavy atom. The van der Waals surface area contributed by atoms with Gasteiger partial charge in [-0.05, 0) is 12.0 Å². The number of unbranched alkanes of at least 4 members (excludes halogenated alkanes) is 2. The number of esters is 1. The molecule has 0 aromatic heterocycles. The van der Waals surface area contributed by atoms with E-state index in [1.165, 1.54) is 31.7 Å². The SMILES string of the molecule is CCCCCC(COC(C)=O)c1ccccc1. The Morgan fingerprint density at radius 3 is 2.53 bits per heavy atom. The number of carbonyl (C=O) groups is 1. The first-order chi connectivity index (χ1) is 8.24. The second kappa shape index (κ2) is 7.88. The number of hydrogen-bond donors (Lipinski definition) is 0. The zero-order valence-electron chi connectivity index (χ0n) is 10.8.